The molecular weight excluding hydrogens is 282 g/mol. The molecule has 1 aliphatic heterocycles. The number of piperidine rings is 1. The van der Waals surface area contributed by atoms with E-state index in [0.717, 1.165) is 25.8 Å². The molecule has 1 aromatic carbocycles. The third-order valence-corrected chi connectivity index (χ3v) is 3.90. The second kappa shape index (κ2) is 5.66. The fraction of sp³-hybridized carbons (Fsp3) is 0.462. The van der Waals surface area contributed by atoms with Crippen LogP contribution in [-0.2, 0) is 0 Å². The van der Waals surface area contributed by atoms with Crippen LogP contribution >= 0.6 is 11.6 Å². The highest BCUT2D eigenvalue weighted by Crippen LogP contribution is 2.39. The Morgan fingerprint density at radius 3 is 2.75 bits per heavy atom. The molecule has 0 saturated carbocycles. The molecule has 7 heteroatoms. The van der Waals surface area contributed by atoms with E-state index in [9.17, 15) is 14.9 Å². The van der Waals surface area contributed by atoms with Gasteiger partial charge in [-0.3, -0.25) is 14.9 Å². The van der Waals surface area contributed by atoms with Crippen LogP contribution in [-0.4, -0.2) is 23.4 Å². The van der Waals surface area contributed by atoms with Gasteiger partial charge in [0.05, 0.1) is 9.95 Å². The van der Waals surface area contributed by atoms with E-state index in [4.69, 9.17) is 17.3 Å². The molecule has 0 radical (unpaired) electrons. The van der Waals surface area contributed by atoms with E-state index in [2.05, 4.69) is 0 Å². The lowest BCUT2D eigenvalue weighted by atomic mass is 10.0. The van der Waals surface area contributed by atoms with Gasteiger partial charge in [0, 0.05) is 24.2 Å². The maximum atomic E-state index is 11.3. The number of rotatable bonds is 3. The molecule has 1 fully saturated rings. The van der Waals surface area contributed by atoms with Gasteiger partial charge in [0.1, 0.15) is 5.69 Å². The van der Waals surface area contributed by atoms with Gasteiger partial charge in [0.2, 0.25) is 5.91 Å². The molecule has 0 spiro atoms. The van der Waals surface area contributed by atoms with Gasteiger partial charge in [-0.2, -0.15) is 0 Å². The van der Waals surface area contributed by atoms with Crippen LogP contribution < -0.4 is 10.6 Å². The Morgan fingerprint density at radius 1 is 1.50 bits per heavy atom. The average molecular weight is 298 g/mol. The third kappa shape index (κ3) is 2.70. The van der Waals surface area contributed by atoms with Crippen LogP contribution in [0.2, 0.25) is 5.02 Å². The molecule has 1 heterocycles. The van der Waals surface area contributed by atoms with Gasteiger partial charge < -0.3 is 10.6 Å². The number of nitrogens with zero attached hydrogens (tertiary/aromatic N) is 2. The second-order valence-corrected chi connectivity index (χ2v) is 5.39. The van der Waals surface area contributed by atoms with Crippen molar-refractivity contribution in [2.75, 3.05) is 11.4 Å². The minimum atomic E-state index is -0.728. The number of halogens is 1. The molecule has 2 N–H and O–H groups in total. The number of nitro groups is 1. The monoisotopic (exact) mass is 297 g/mol. The molecule has 1 aromatic rings. The van der Waals surface area contributed by atoms with Crippen molar-refractivity contribution in [3.05, 3.63) is 32.8 Å². The average Bonchev–Trinajstić information content (AvgIpc) is 2.38. The summed E-state index contributed by atoms with van der Waals surface area (Å²) in [5, 5.41) is 11.5. The maximum absolute atomic E-state index is 11.3. The summed E-state index contributed by atoms with van der Waals surface area (Å²) in [4.78, 5) is 23.9. The fourth-order valence-corrected chi connectivity index (χ4v) is 2.90. The number of nitro benzene ring substituents is 1. The molecule has 0 unspecified atom stereocenters. The van der Waals surface area contributed by atoms with Gasteiger partial charge >= 0.3 is 0 Å². The predicted octanol–water partition coefficient (Wildman–Crippen LogP) is 2.73. The number of hydrogen-bond donors (Lipinski definition) is 1. The Kier molecular flexibility index (Phi) is 4.13. The van der Waals surface area contributed by atoms with E-state index in [1.54, 1.807) is 0 Å². The van der Waals surface area contributed by atoms with E-state index in [-0.39, 0.29) is 22.3 Å². The summed E-state index contributed by atoms with van der Waals surface area (Å²) in [6.45, 7) is 2.73. The largest absolute Gasteiger partial charge is 0.366 e. The Balaban J connectivity index is 2.56. The number of anilines is 1. The maximum Gasteiger partial charge on any atom is 0.294 e. The van der Waals surface area contributed by atoms with Crippen molar-refractivity contribution in [1.82, 2.24) is 0 Å². The zero-order chi connectivity index (χ0) is 14.9. The highest BCUT2D eigenvalue weighted by Gasteiger charge is 2.29. The standard InChI is InChI=1S/C13H16ClN3O3/c1-8-4-2-3-5-16(8)12-10(14)6-9(13(15)18)7-11(12)17(19)20/h6-8H,2-5H2,1H3,(H2,15,18)/t8-/m0/s1. The fourth-order valence-electron chi connectivity index (χ4n) is 2.58. The zero-order valence-corrected chi connectivity index (χ0v) is 11.9. The first-order chi connectivity index (χ1) is 9.41. The molecular formula is C13H16ClN3O3. The molecule has 1 atom stereocenters. The quantitative estimate of drug-likeness (QED) is 0.686. The summed E-state index contributed by atoms with van der Waals surface area (Å²) in [5.74, 6) is -0.728. The number of carbonyl (C=O) groups is 1. The van der Waals surface area contributed by atoms with Gasteiger partial charge in [-0.05, 0) is 32.3 Å². The molecule has 20 heavy (non-hydrogen) atoms. The number of benzene rings is 1. The van der Waals surface area contributed by atoms with Crippen molar-refractivity contribution < 1.29 is 9.72 Å². The van der Waals surface area contributed by atoms with Crippen LogP contribution in [0.15, 0.2) is 12.1 Å². The molecule has 6 nitrogen and oxygen atoms in total. The first-order valence-corrected chi connectivity index (χ1v) is 6.84. The first-order valence-electron chi connectivity index (χ1n) is 6.46. The smallest absolute Gasteiger partial charge is 0.294 e. The summed E-state index contributed by atoms with van der Waals surface area (Å²) in [5.41, 5.74) is 5.44. The van der Waals surface area contributed by atoms with Crippen LogP contribution in [0.5, 0.6) is 0 Å². The predicted molar refractivity (Wildman–Crippen MR) is 77.3 cm³/mol. The van der Waals surface area contributed by atoms with Gasteiger partial charge in [-0.25, -0.2) is 0 Å². The van der Waals surface area contributed by atoms with Crippen molar-refractivity contribution in [3.63, 3.8) is 0 Å². The van der Waals surface area contributed by atoms with Crippen LogP contribution in [0.3, 0.4) is 0 Å². The van der Waals surface area contributed by atoms with Crippen LogP contribution in [0, 0.1) is 10.1 Å². The highest BCUT2D eigenvalue weighted by atomic mass is 35.5. The van der Waals surface area contributed by atoms with Crippen LogP contribution in [0.1, 0.15) is 36.5 Å². The van der Waals surface area contributed by atoms with Crippen LogP contribution in [0.4, 0.5) is 11.4 Å². The molecule has 0 aliphatic carbocycles. The van der Waals surface area contributed by atoms with Gasteiger partial charge in [-0.1, -0.05) is 11.6 Å². The lowest BCUT2D eigenvalue weighted by Crippen LogP contribution is -2.38. The lowest BCUT2D eigenvalue weighted by molar-refractivity contribution is -0.384. The number of nitrogens with two attached hydrogens (primary N) is 1. The summed E-state index contributed by atoms with van der Waals surface area (Å²) in [6, 6.07) is 2.78. The molecule has 108 valence electrons. The minimum absolute atomic E-state index is 0.0510. The van der Waals surface area contributed by atoms with Crippen molar-refractivity contribution in [2.24, 2.45) is 5.73 Å². The molecule has 0 bridgehead atoms. The lowest BCUT2D eigenvalue weighted by Gasteiger charge is -2.35. The van der Waals surface area contributed by atoms with Crippen molar-refractivity contribution in [1.29, 1.82) is 0 Å². The number of primary amides is 1. The van der Waals surface area contributed by atoms with Crippen molar-refractivity contribution in [2.45, 2.75) is 32.2 Å². The molecule has 1 amide bonds. The highest BCUT2D eigenvalue weighted by molar-refractivity contribution is 6.34. The number of amides is 1. The number of carbonyl (C=O) groups excluding carboxylic acids is 1. The summed E-state index contributed by atoms with van der Waals surface area (Å²) in [6.07, 6.45) is 3.03. The van der Waals surface area contributed by atoms with Gasteiger partial charge in [0.15, 0.2) is 0 Å². The Morgan fingerprint density at radius 2 is 2.20 bits per heavy atom. The van der Waals surface area contributed by atoms with Gasteiger partial charge in [0.25, 0.3) is 5.69 Å². The second-order valence-electron chi connectivity index (χ2n) is 4.99. The normalized spacial score (nSPS) is 18.9. The van der Waals surface area contributed by atoms with E-state index in [1.165, 1.54) is 12.1 Å². The molecule has 0 aromatic heterocycles. The topological polar surface area (TPSA) is 89.5 Å². The Hall–Kier alpha value is -1.82. The number of hydrogen-bond acceptors (Lipinski definition) is 4. The first kappa shape index (κ1) is 14.6. The van der Waals surface area contributed by atoms with E-state index < -0.39 is 10.8 Å². The van der Waals surface area contributed by atoms with E-state index in [1.807, 2.05) is 11.8 Å². The van der Waals surface area contributed by atoms with E-state index >= 15 is 0 Å². The molecule has 2 rings (SSSR count). The Labute approximate surface area is 121 Å². The van der Waals surface area contributed by atoms with E-state index in [0.29, 0.717) is 5.69 Å². The Bertz CT molecular complexity index is 562. The van der Waals surface area contributed by atoms with Crippen molar-refractivity contribution >= 4 is 28.9 Å². The SMILES string of the molecule is C[C@H]1CCCCN1c1c(Cl)cc(C(N)=O)cc1[N+](=O)[O-]. The molecule has 1 saturated heterocycles. The van der Waals surface area contributed by atoms with Crippen LogP contribution in [0.25, 0.3) is 0 Å². The molecule has 1 aliphatic rings. The summed E-state index contributed by atoms with van der Waals surface area (Å²) >= 11 is 6.17. The third-order valence-electron chi connectivity index (χ3n) is 3.61. The summed E-state index contributed by atoms with van der Waals surface area (Å²) < 4.78 is 0. The summed E-state index contributed by atoms with van der Waals surface area (Å²) in [7, 11) is 0. The van der Waals surface area contributed by atoms with Crippen molar-refractivity contribution in [3.8, 4) is 0 Å². The zero-order valence-electron chi connectivity index (χ0n) is 11.1. The van der Waals surface area contributed by atoms with Gasteiger partial charge in [-0.15, -0.1) is 0 Å². The minimum Gasteiger partial charge on any atom is -0.366 e.